The summed E-state index contributed by atoms with van der Waals surface area (Å²) in [5.41, 5.74) is 1.14. The number of piperazine rings is 1. The van der Waals surface area contributed by atoms with E-state index in [0.717, 1.165) is 75.9 Å². The van der Waals surface area contributed by atoms with Crippen molar-refractivity contribution < 1.29 is 9.53 Å². The Labute approximate surface area is 204 Å². The molecule has 0 bridgehead atoms. The molecule has 3 rings (SSSR count). The average Bonchev–Trinajstić information content (AvgIpc) is 3.31. The van der Waals surface area contributed by atoms with Crippen LogP contribution in [0, 0.1) is 6.92 Å². The quantitative estimate of drug-likeness (QED) is 0.248. The summed E-state index contributed by atoms with van der Waals surface area (Å²) >= 11 is 0. The summed E-state index contributed by atoms with van der Waals surface area (Å²) in [5.74, 6) is 2.14. The van der Waals surface area contributed by atoms with Crippen LogP contribution in [0.1, 0.15) is 32.3 Å². The van der Waals surface area contributed by atoms with Gasteiger partial charge in [0.15, 0.2) is 5.96 Å². The van der Waals surface area contributed by atoms with E-state index in [2.05, 4.69) is 42.0 Å². The lowest BCUT2D eigenvalue weighted by Gasteiger charge is -2.39. The minimum Gasteiger partial charge on any atom is -0.491 e. The van der Waals surface area contributed by atoms with Crippen molar-refractivity contribution in [3.63, 3.8) is 0 Å². The fourth-order valence-corrected chi connectivity index (χ4v) is 4.13. The first kappa shape index (κ1) is 25.7. The van der Waals surface area contributed by atoms with Crippen LogP contribution in [0.25, 0.3) is 0 Å². The average molecular weight is 543 g/mol. The van der Waals surface area contributed by atoms with Gasteiger partial charge >= 0.3 is 0 Å². The minimum atomic E-state index is -0.0349. The molecule has 31 heavy (non-hydrogen) atoms. The number of hydrogen-bond donors (Lipinski definition) is 1. The van der Waals surface area contributed by atoms with Crippen LogP contribution in [-0.4, -0.2) is 91.6 Å². The van der Waals surface area contributed by atoms with Gasteiger partial charge in [-0.3, -0.25) is 9.69 Å². The second kappa shape index (κ2) is 13.1. The van der Waals surface area contributed by atoms with Crippen LogP contribution in [0.3, 0.4) is 0 Å². The summed E-state index contributed by atoms with van der Waals surface area (Å²) in [5, 5.41) is 3.40. The number of ether oxygens (including phenoxy) is 1. The Kier molecular flexibility index (Phi) is 10.9. The number of nitrogens with zero attached hydrogens (tertiary/aromatic N) is 4. The summed E-state index contributed by atoms with van der Waals surface area (Å²) in [7, 11) is 0. The van der Waals surface area contributed by atoms with Crippen molar-refractivity contribution in [2.75, 3.05) is 59.0 Å². The third kappa shape index (κ3) is 7.24. The smallest absolute Gasteiger partial charge is 0.239 e. The van der Waals surface area contributed by atoms with Gasteiger partial charge in [0.2, 0.25) is 5.91 Å². The Balaban J connectivity index is 0.00000341. The van der Waals surface area contributed by atoms with Gasteiger partial charge in [-0.05, 0) is 45.2 Å². The van der Waals surface area contributed by atoms with Crippen LogP contribution in [0.2, 0.25) is 0 Å². The highest BCUT2D eigenvalue weighted by Crippen LogP contribution is 2.16. The topological polar surface area (TPSA) is 60.4 Å². The maximum Gasteiger partial charge on any atom is 0.239 e. The molecule has 1 amide bonds. The van der Waals surface area contributed by atoms with Gasteiger partial charge in [0.05, 0.1) is 12.6 Å². The highest BCUT2D eigenvalue weighted by Gasteiger charge is 2.30. The number of likely N-dealkylation sites (tertiary alicyclic amines) is 1. The zero-order chi connectivity index (χ0) is 21.3. The lowest BCUT2D eigenvalue weighted by Crippen LogP contribution is -2.57. The van der Waals surface area contributed by atoms with E-state index in [1.165, 1.54) is 0 Å². The first-order chi connectivity index (χ1) is 14.6. The van der Waals surface area contributed by atoms with Crippen LogP contribution in [0.5, 0.6) is 5.75 Å². The second-order valence-corrected chi connectivity index (χ2v) is 8.08. The number of hydrogen-bond acceptors (Lipinski definition) is 4. The third-order valence-corrected chi connectivity index (χ3v) is 5.98. The van der Waals surface area contributed by atoms with E-state index < -0.39 is 0 Å². The molecule has 2 aliphatic heterocycles. The Morgan fingerprint density at radius 2 is 1.77 bits per heavy atom. The van der Waals surface area contributed by atoms with Gasteiger partial charge in [-0.2, -0.15) is 0 Å². The molecular weight excluding hydrogens is 505 g/mol. The Morgan fingerprint density at radius 3 is 2.42 bits per heavy atom. The zero-order valence-electron chi connectivity index (χ0n) is 19.2. The molecule has 2 heterocycles. The number of benzene rings is 1. The van der Waals surface area contributed by atoms with Crippen LogP contribution in [0.15, 0.2) is 29.3 Å². The van der Waals surface area contributed by atoms with E-state index in [1.54, 1.807) is 0 Å². The number of amides is 1. The number of carbonyl (C=O) groups is 1. The molecule has 1 atom stereocenters. The SMILES string of the molecule is CCNC(=NCCOc1ccccc1C)N1CCN(C(C)C(=O)N2CCCC2)CC1.I. The fourth-order valence-electron chi connectivity index (χ4n) is 4.13. The van der Waals surface area contributed by atoms with Gasteiger partial charge in [-0.1, -0.05) is 18.2 Å². The number of halogens is 1. The molecule has 0 aliphatic carbocycles. The molecular formula is C23H38IN5O2. The van der Waals surface area contributed by atoms with Gasteiger partial charge in [-0.25, -0.2) is 4.99 Å². The molecule has 2 fully saturated rings. The molecule has 2 saturated heterocycles. The maximum absolute atomic E-state index is 12.7. The van der Waals surface area contributed by atoms with Crippen LogP contribution in [-0.2, 0) is 4.79 Å². The number of carbonyl (C=O) groups excluding carboxylic acids is 1. The Bertz CT molecular complexity index is 716. The van der Waals surface area contributed by atoms with Gasteiger partial charge in [-0.15, -0.1) is 24.0 Å². The van der Waals surface area contributed by atoms with E-state index in [4.69, 9.17) is 9.73 Å². The van der Waals surface area contributed by atoms with Gasteiger partial charge in [0, 0.05) is 45.8 Å². The van der Waals surface area contributed by atoms with Crippen molar-refractivity contribution in [1.82, 2.24) is 20.0 Å². The number of nitrogens with one attached hydrogen (secondary N) is 1. The van der Waals surface area contributed by atoms with Crippen molar-refractivity contribution >= 4 is 35.8 Å². The largest absolute Gasteiger partial charge is 0.491 e. The van der Waals surface area contributed by atoms with Crippen LogP contribution in [0.4, 0.5) is 0 Å². The zero-order valence-corrected chi connectivity index (χ0v) is 21.5. The van der Waals surface area contributed by atoms with E-state index in [1.807, 2.05) is 23.1 Å². The number of rotatable bonds is 7. The molecule has 0 radical (unpaired) electrons. The second-order valence-electron chi connectivity index (χ2n) is 8.08. The summed E-state index contributed by atoms with van der Waals surface area (Å²) in [6.07, 6.45) is 2.28. The maximum atomic E-state index is 12.7. The molecule has 0 saturated carbocycles. The molecule has 0 aromatic heterocycles. The molecule has 2 aliphatic rings. The van der Waals surface area contributed by atoms with E-state index in [-0.39, 0.29) is 35.9 Å². The van der Waals surface area contributed by atoms with Crippen LogP contribution < -0.4 is 10.1 Å². The molecule has 1 N–H and O–H groups in total. The summed E-state index contributed by atoms with van der Waals surface area (Å²) in [6.45, 7) is 13.6. The normalized spacial score (nSPS) is 18.5. The highest BCUT2D eigenvalue weighted by molar-refractivity contribution is 14.0. The van der Waals surface area contributed by atoms with E-state index >= 15 is 0 Å². The van der Waals surface area contributed by atoms with Crippen molar-refractivity contribution in [2.24, 2.45) is 4.99 Å². The molecule has 7 nitrogen and oxygen atoms in total. The first-order valence-electron chi connectivity index (χ1n) is 11.3. The van der Waals surface area contributed by atoms with Gasteiger partial charge in [0.25, 0.3) is 0 Å². The lowest BCUT2D eigenvalue weighted by molar-refractivity contribution is -0.135. The van der Waals surface area contributed by atoms with Gasteiger partial charge in [0.1, 0.15) is 12.4 Å². The van der Waals surface area contributed by atoms with Crippen molar-refractivity contribution in [2.45, 2.75) is 39.7 Å². The monoisotopic (exact) mass is 543 g/mol. The molecule has 1 aromatic carbocycles. The molecule has 0 spiro atoms. The Hall–Kier alpha value is -1.55. The fraction of sp³-hybridized carbons (Fsp3) is 0.652. The summed E-state index contributed by atoms with van der Waals surface area (Å²) in [4.78, 5) is 24.1. The lowest BCUT2D eigenvalue weighted by atomic mass is 10.2. The number of aliphatic imine (C=N–C) groups is 1. The summed E-state index contributed by atoms with van der Waals surface area (Å²) in [6, 6.07) is 8.02. The van der Waals surface area contributed by atoms with E-state index in [0.29, 0.717) is 13.2 Å². The molecule has 1 unspecified atom stereocenters. The highest BCUT2D eigenvalue weighted by atomic mass is 127. The van der Waals surface area contributed by atoms with Gasteiger partial charge < -0.3 is 19.9 Å². The van der Waals surface area contributed by atoms with E-state index in [9.17, 15) is 4.79 Å². The number of aryl methyl sites for hydroxylation is 1. The molecule has 8 heteroatoms. The molecule has 1 aromatic rings. The van der Waals surface area contributed by atoms with Crippen LogP contribution >= 0.6 is 24.0 Å². The predicted molar refractivity (Wildman–Crippen MR) is 136 cm³/mol. The third-order valence-electron chi connectivity index (χ3n) is 5.98. The Morgan fingerprint density at radius 1 is 1.10 bits per heavy atom. The van der Waals surface area contributed by atoms with Crippen molar-refractivity contribution in [3.8, 4) is 5.75 Å². The summed E-state index contributed by atoms with van der Waals surface area (Å²) < 4.78 is 5.87. The van der Waals surface area contributed by atoms with Crippen molar-refractivity contribution in [3.05, 3.63) is 29.8 Å². The first-order valence-corrected chi connectivity index (χ1v) is 11.3. The number of guanidine groups is 1. The standard InChI is InChI=1S/C23H37N5O2.HI/c1-4-24-23(25-11-18-30-21-10-6-5-9-19(21)2)28-16-14-26(15-17-28)20(3)22(29)27-12-7-8-13-27;/h5-6,9-10,20H,4,7-8,11-18H2,1-3H3,(H,24,25);1H. The minimum absolute atomic E-state index is 0. The molecule has 174 valence electrons. The van der Waals surface area contributed by atoms with Crippen molar-refractivity contribution in [1.29, 1.82) is 0 Å². The number of para-hydroxylation sites is 1. The predicted octanol–water partition coefficient (Wildman–Crippen LogP) is 2.59.